The molecular weight excluding hydrogens is 524 g/mol. The zero-order valence-corrected chi connectivity index (χ0v) is 21.3. The molecular formula is C24H26BrClN4O2S. The Morgan fingerprint density at radius 1 is 1.15 bits per heavy atom. The highest BCUT2D eigenvalue weighted by Crippen LogP contribution is 2.23. The van der Waals surface area contributed by atoms with Crippen LogP contribution in [0.1, 0.15) is 25.2 Å². The summed E-state index contributed by atoms with van der Waals surface area (Å²) >= 11 is 11.1. The lowest BCUT2D eigenvalue weighted by molar-refractivity contribution is -0.126. The summed E-state index contributed by atoms with van der Waals surface area (Å²) in [5.74, 6) is 2.41. The van der Waals surface area contributed by atoms with E-state index in [9.17, 15) is 4.79 Å². The van der Waals surface area contributed by atoms with Gasteiger partial charge in [0.25, 0.3) is 0 Å². The van der Waals surface area contributed by atoms with Crippen LogP contribution in [0.2, 0.25) is 5.02 Å². The van der Waals surface area contributed by atoms with E-state index in [1.165, 1.54) is 4.90 Å². The van der Waals surface area contributed by atoms with Crippen LogP contribution in [0.15, 0.2) is 62.4 Å². The Labute approximate surface area is 211 Å². The molecule has 2 aromatic carbocycles. The second-order valence-corrected chi connectivity index (χ2v) is 10.5. The Balaban J connectivity index is 1.13. The number of rotatable bonds is 9. The summed E-state index contributed by atoms with van der Waals surface area (Å²) < 4.78 is 6.45. The Morgan fingerprint density at radius 2 is 1.88 bits per heavy atom. The highest BCUT2D eigenvalue weighted by atomic mass is 79.9. The molecule has 0 aliphatic carbocycles. The smallest absolute Gasteiger partial charge is 0.241 e. The van der Waals surface area contributed by atoms with E-state index in [1.807, 2.05) is 48.5 Å². The SMILES string of the molecule is O=C(NCCCSc1ccc(Cl)cc1)C1CCN(Cc2nc(-c3ccc(Br)cc3)no2)CC1. The van der Waals surface area contributed by atoms with Crippen molar-refractivity contribution in [2.24, 2.45) is 5.92 Å². The molecule has 33 heavy (non-hydrogen) atoms. The number of likely N-dealkylation sites (tertiary alicyclic amines) is 1. The highest BCUT2D eigenvalue weighted by molar-refractivity contribution is 9.10. The molecule has 3 aromatic rings. The molecule has 1 saturated heterocycles. The number of hydrogen-bond donors (Lipinski definition) is 1. The van der Waals surface area contributed by atoms with Crippen LogP contribution in [0.25, 0.3) is 11.4 Å². The lowest BCUT2D eigenvalue weighted by Crippen LogP contribution is -2.40. The Kier molecular flexibility index (Phi) is 8.83. The fourth-order valence-corrected chi connectivity index (χ4v) is 4.97. The van der Waals surface area contributed by atoms with Crippen molar-refractivity contribution in [3.8, 4) is 11.4 Å². The molecule has 0 atom stereocenters. The molecule has 1 N–H and O–H groups in total. The van der Waals surface area contributed by atoms with E-state index in [0.717, 1.165) is 53.2 Å². The molecule has 0 saturated carbocycles. The molecule has 6 nitrogen and oxygen atoms in total. The number of hydrogen-bond acceptors (Lipinski definition) is 6. The maximum atomic E-state index is 12.5. The minimum atomic E-state index is 0.0752. The lowest BCUT2D eigenvalue weighted by atomic mass is 9.96. The van der Waals surface area contributed by atoms with Crippen molar-refractivity contribution in [1.29, 1.82) is 0 Å². The average Bonchev–Trinajstić information content (AvgIpc) is 3.29. The maximum Gasteiger partial charge on any atom is 0.241 e. The molecule has 1 fully saturated rings. The zero-order valence-electron chi connectivity index (χ0n) is 18.2. The number of halogens is 2. The summed E-state index contributed by atoms with van der Waals surface area (Å²) in [6.07, 6.45) is 2.63. The third-order valence-electron chi connectivity index (χ3n) is 5.59. The van der Waals surface area contributed by atoms with Gasteiger partial charge in [0.1, 0.15) is 0 Å². The number of aromatic nitrogens is 2. The van der Waals surface area contributed by atoms with Crippen LogP contribution in [-0.2, 0) is 11.3 Å². The number of thioether (sulfide) groups is 1. The Bertz CT molecular complexity index is 1040. The van der Waals surface area contributed by atoms with Gasteiger partial charge in [0.2, 0.25) is 17.6 Å². The zero-order chi connectivity index (χ0) is 23.0. The maximum absolute atomic E-state index is 12.5. The molecule has 0 radical (unpaired) electrons. The first-order valence-corrected chi connectivity index (χ1v) is 13.2. The molecule has 0 bridgehead atoms. The first kappa shape index (κ1) is 24.3. The second kappa shape index (κ2) is 12.0. The first-order valence-electron chi connectivity index (χ1n) is 11.0. The first-order chi connectivity index (χ1) is 16.1. The number of carbonyl (C=O) groups is 1. The van der Waals surface area contributed by atoms with Crippen molar-refractivity contribution in [1.82, 2.24) is 20.4 Å². The number of piperidine rings is 1. The van der Waals surface area contributed by atoms with E-state index in [-0.39, 0.29) is 11.8 Å². The van der Waals surface area contributed by atoms with Crippen molar-refractivity contribution in [3.05, 3.63) is 63.9 Å². The van der Waals surface area contributed by atoms with Gasteiger partial charge in [0, 0.05) is 32.4 Å². The van der Waals surface area contributed by atoms with E-state index in [0.29, 0.717) is 24.8 Å². The monoisotopic (exact) mass is 548 g/mol. The predicted octanol–water partition coefficient (Wildman–Crippen LogP) is 5.66. The minimum absolute atomic E-state index is 0.0752. The third-order valence-corrected chi connectivity index (χ3v) is 7.47. The largest absolute Gasteiger partial charge is 0.356 e. The van der Waals surface area contributed by atoms with Gasteiger partial charge in [-0.15, -0.1) is 11.8 Å². The summed E-state index contributed by atoms with van der Waals surface area (Å²) in [7, 11) is 0. The van der Waals surface area contributed by atoms with Crippen molar-refractivity contribution >= 4 is 45.2 Å². The van der Waals surface area contributed by atoms with Crippen LogP contribution >= 0.6 is 39.3 Å². The topological polar surface area (TPSA) is 71.3 Å². The van der Waals surface area contributed by atoms with Gasteiger partial charge in [0.15, 0.2) is 0 Å². The lowest BCUT2D eigenvalue weighted by Gasteiger charge is -2.30. The van der Waals surface area contributed by atoms with Gasteiger partial charge in [-0.2, -0.15) is 4.98 Å². The third kappa shape index (κ3) is 7.30. The van der Waals surface area contributed by atoms with E-state index in [1.54, 1.807) is 11.8 Å². The van der Waals surface area contributed by atoms with Crippen molar-refractivity contribution < 1.29 is 9.32 Å². The molecule has 1 aliphatic heterocycles. The summed E-state index contributed by atoms with van der Waals surface area (Å²) in [5, 5.41) is 7.95. The number of amides is 1. The fraction of sp³-hybridized carbons (Fsp3) is 0.375. The summed E-state index contributed by atoms with van der Waals surface area (Å²) in [5.41, 5.74) is 0.926. The molecule has 4 rings (SSSR count). The summed E-state index contributed by atoms with van der Waals surface area (Å²) in [6.45, 7) is 3.02. The molecule has 1 aromatic heterocycles. The van der Waals surface area contributed by atoms with Crippen LogP contribution in [0.5, 0.6) is 0 Å². The van der Waals surface area contributed by atoms with E-state index < -0.39 is 0 Å². The fourth-order valence-electron chi connectivity index (χ4n) is 3.73. The molecule has 2 heterocycles. The van der Waals surface area contributed by atoms with E-state index in [2.05, 4.69) is 36.3 Å². The normalized spacial score (nSPS) is 15.0. The molecule has 9 heteroatoms. The van der Waals surface area contributed by atoms with Gasteiger partial charge in [-0.1, -0.05) is 32.7 Å². The van der Waals surface area contributed by atoms with Gasteiger partial charge in [-0.3, -0.25) is 9.69 Å². The van der Waals surface area contributed by atoms with Crippen molar-refractivity contribution in [2.75, 3.05) is 25.4 Å². The van der Waals surface area contributed by atoms with Gasteiger partial charge >= 0.3 is 0 Å². The number of carbonyl (C=O) groups excluding carboxylic acids is 1. The number of benzene rings is 2. The number of nitrogens with zero attached hydrogens (tertiary/aromatic N) is 3. The minimum Gasteiger partial charge on any atom is -0.356 e. The number of nitrogens with one attached hydrogen (secondary N) is 1. The molecule has 1 amide bonds. The molecule has 0 spiro atoms. The van der Waals surface area contributed by atoms with Crippen molar-refractivity contribution in [2.45, 2.75) is 30.7 Å². The quantitative estimate of drug-likeness (QED) is 0.274. The van der Waals surface area contributed by atoms with Gasteiger partial charge in [-0.25, -0.2) is 0 Å². The predicted molar refractivity (Wildman–Crippen MR) is 135 cm³/mol. The van der Waals surface area contributed by atoms with Crippen LogP contribution in [0.4, 0.5) is 0 Å². The van der Waals surface area contributed by atoms with Crippen LogP contribution < -0.4 is 5.32 Å². The van der Waals surface area contributed by atoms with Crippen LogP contribution in [0, 0.1) is 5.92 Å². The molecule has 1 aliphatic rings. The molecule has 174 valence electrons. The van der Waals surface area contributed by atoms with Gasteiger partial charge < -0.3 is 9.84 Å². The van der Waals surface area contributed by atoms with E-state index in [4.69, 9.17) is 16.1 Å². The Hall–Kier alpha value is -1.87. The summed E-state index contributed by atoms with van der Waals surface area (Å²) in [4.78, 5) is 20.5. The summed E-state index contributed by atoms with van der Waals surface area (Å²) in [6, 6.07) is 15.7. The van der Waals surface area contributed by atoms with E-state index >= 15 is 0 Å². The Morgan fingerprint density at radius 3 is 2.61 bits per heavy atom. The highest BCUT2D eigenvalue weighted by Gasteiger charge is 2.25. The molecule has 0 unspecified atom stereocenters. The van der Waals surface area contributed by atoms with Crippen LogP contribution in [0.3, 0.4) is 0 Å². The van der Waals surface area contributed by atoms with Gasteiger partial charge in [-0.05, 0) is 86.6 Å². The van der Waals surface area contributed by atoms with Crippen LogP contribution in [-0.4, -0.2) is 46.3 Å². The standard InChI is InChI=1S/C24H26BrClN4O2S/c25-19-4-2-17(3-5-19)23-28-22(32-29-23)16-30-13-10-18(11-14-30)24(31)27-12-1-15-33-21-8-6-20(26)7-9-21/h2-9,18H,1,10-16H2,(H,27,31). The van der Waals surface area contributed by atoms with Gasteiger partial charge in [0.05, 0.1) is 6.54 Å². The second-order valence-electron chi connectivity index (χ2n) is 8.02. The average molecular weight is 550 g/mol. The van der Waals surface area contributed by atoms with Crippen molar-refractivity contribution in [3.63, 3.8) is 0 Å².